The number of aryl methyl sites for hydroxylation is 2. The van der Waals surface area contributed by atoms with Crippen molar-refractivity contribution in [3.05, 3.63) is 22.5 Å². The molecule has 96 valence electrons. The molecule has 1 aliphatic carbocycles. The highest BCUT2D eigenvalue weighted by atomic mass is 15.1. The van der Waals surface area contributed by atoms with Crippen molar-refractivity contribution < 1.29 is 0 Å². The second-order valence-electron chi connectivity index (χ2n) is 5.47. The number of nitrogens with one attached hydrogen (secondary N) is 2. The first-order valence-corrected chi connectivity index (χ1v) is 6.65. The molecule has 1 heterocycles. The number of fused-ring (bicyclic) bond motifs is 1. The predicted molar refractivity (Wildman–Crippen MR) is 72.5 cm³/mol. The number of likely N-dealkylation sites (N-methyl/N-ethyl adjacent to an activating group) is 1. The summed E-state index contributed by atoms with van der Waals surface area (Å²) in [6.45, 7) is 6.61. The maximum absolute atomic E-state index is 3.70. The van der Waals surface area contributed by atoms with E-state index in [9.17, 15) is 0 Å². The van der Waals surface area contributed by atoms with E-state index < -0.39 is 0 Å². The number of hydrogen-bond acceptors (Lipinski definition) is 2. The zero-order valence-electron chi connectivity index (χ0n) is 11.6. The molecule has 1 unspecified atom stereocenters. The largest absolute Gasteiger partial charge is 0.362 e. The summed E-state index contributed by atoms with van der Waals surface area (Å²) in [7, 11) is 4.25. The fourth-order valence-corrected chi connectivity index (χ4v) is 2.78. The van der Waals surface area contributed by atoms with E-state index in [1.165, 1.54) is 36.2 Å². The Morgan fingerprint density at radius 1 is 1.35 bits per heavy atom. The minimum absolute atomic E-state index is 0.559. The Balaban J connectivity index is 2.06. The van der Waals surface area contributed by atoms with Crippen LogP contribution in [0.4, 0.5) is 0 Å². The molecule has 1 aliphatic rings. The first-order valence-electron chi connectivity index (χ1n) is 6.65. The summed E-state index contributed by atoms with van der Waals surface area (Å²) in [5.41, 5.74) is 5.82. The molecule has 2 N–H and O–H groups in total. The third-order valence-electron chi connectivity index (χ3n) is 3.85. The summed E-state index contributed by atoms with van der Waals surface area (Å²) in [6.07, 6.45) is 3.79. The molecular weight excluding hydrogens is 210 g/mol. The third-order valence-corrected chi connectivity index (χ3v) is 3.85. The third kappa shape index (κ3) is 2.72. The summed E-state index contributed by atoms with van der Waals surface area (Å²) in [4.78, 5) is 5.77. The van der Waals surface area contributed by atoms with Crippen molar-refractivity contribution in [2.45, 2.75) is 39.2 Å². The van der Waals surface area contributed by atoms with Gasteiger partial charge in [-0.15, -0.1) is 0 Å². The molecule has 1 aromatic rings. The van der Waals surface area contributed by atoms with Crippen LogP contribution in [0.25, 0.3) is 0 Å². The summed E-state index contributed by atoms with van der Waals surface area (Å²) in [5, 5.41) is 3.70. The summed E-state index contributed by atoms with van der Waals surface area (Å²) >= 11 is 0. The van der Waals surface area contributed by atoms with Crippen LogP contribution in [0.1, 0.15) is 41.4 Å². The second kappa shape index (κ2) is 5.23. The number of aromatic nitrogens is 1. The molecule has 0 aliphatic heterocycles. The number of H-pyrrole nitrogens is 1. The van der Waals surface area contributed by atoms with Crippen LogP contribution < -0.4 is 5.32 Å². The Morgan fingerprint density at radius 3 is 2.82 bits per heavy atom. The van der Waals surface area contributed by atoms with Crippen molar-refractivity contribution in [2.75, 3.05) is 27.2 Å². The summed E-state index contributed by atoms with van der Waals surface area (Å²) < 4.78 is 0. The zero-order chi connectivity index (χ0) is 12.4. The van der Waals surface area contributed by atoms with Crippen molar-refractivity contribution in [3.63, 3.8) is 0 Å². The quantitative estimate of drug-likeness (QED) is 0.838. The van der Waals surface area contributed by atoms with Crippen molar-refractivity contribution in [1.29, 1.82) is 0 Å². The van der Waals surface area contributed by atoms with Gasteiger partial charge in [0.25, 0.3) is 0 Å². The molecule has 1 aromatic heterocycles. The first-order chi connectivity index (χ1) is 8.09. The van der Waals surface area contributed by atoms with Crippen molar-refractivity contribution in [3.8, 4) is 0 Å². The average molecular weight is 235 g/mol. The molecule has 0 bridgehead atoms. The highest BCUT2D eigenvalue weighted by Gasteiger charge is 2.24. The van der Waals surface area contributed by atoms with Crippen LogP contribution in [0.2, 0.25) is 0 Å². The molecule has 0 radical (unpaired) electrons. The SMILES string of the molecule is Cc1[nH]c2c(c1C)C(NCCN(C)C)CCC2. The Bertz CT molecular complexity index is 379. The van der Waals surface area contributed by atoms with Crippen LogP contribution in [0.5, 0.6) is 0 Å². The molecule has 0 aromatic carbocycles. The first kappa shape index (κ1) is 12.7. The van der Waals surface area contributed by atoms with Crippen molar-refractivity contribution >= 4 is 0 Å². The van der Waals surface area contributed by atoms with E-state index in [1.807, 2.05) is 0 Å². The van der Waals surface area contributed by atoms with Crippen LogP contribution in [-0.4, -0.2) is 37.1 Å². The van der Waals surface area contributed by atoms with Gasteiger partial charge in [0, 0.05) is 30.5 Å². The number of aromatic amines is 1. The average Bonchev–Trinajstić information content (AvgIpc) is 2.55. The van der Waals surface area contributed by atoms with Gasteiger partial charge in [0.05, 0.1) is 0 Å². The fourth-order valence-electron chi connectivity index (χ4n) is 2.78. The normalized spacial score (nSPS) is 19.7. The maximum atomic E-state index is 3.70. The van der Waals surface area contributed by atoms with Gasteiger partial charge < -0.3 is 15.2 Å². The Labute approximate surface area is 105 Å². The van der Waals surface area contributed by atoms with Gasteiger partial charge in [-0.1, -0.05) is 0 Å². The molecule has 0 saturated carbocycles. The minimum Gasteiger partial charge on any atom is -0.362 e. The minimum atomic E-state index is 0.559. The van der Waals surface area contributed by atoms with Gasteiger partial charge in [-0.3, -0.25) is 0 Å². The highest BCUT2D eigenvalue weighted by molar-refractivity contribution is 5.39. The smallest absolute Gasteiger partial charge is 0.0341 e. The molecule has 0 fully saturated rings. The fraction of sp³-hybridized carbons (Fsp3) is 0.714. The van der Waals surface area contributed by atoms with Gasteiger partial charge in [-0.25, -0.2) is 0 Å². The van der Waals surface area contributed by atoms with Gasteiger partial charge in [0.1, 0.15) is 0 Å². The Hall–Kier alpha value is -0.800. The molecule has 3 heteroatoms. The zero-order valence-corrected chi connectivity index (χ0v) is 11.6. The lowest BCUT2D eigenvalue weighted by molar-refractivity contribution is 0.371. The Kier molecular flexibility index (Phi) is 3.89. The molecule has 0 amide bonds. The van der Waals surface area contributed by atoms with Gasteiger partial charge in [0.2, 0.25) is 0 Å². The molecule has 0 spiro atoms. The van der Waals surface area contributed by atoms with Crippen LogP contribution in [-0.2, 0) is 6.42 Å². The molecule has 3 nitrogen and oxygen atoms in total. The Morgan fingerprint density at radius 2 is 2.12 bits per heavy atom. The number of rotatable bonds is 4. The molecule has 17 heavy (non-hydrogen) atoms. The van der Waals surface area contributed by atoms with Crippen molar-refractivity contribution in [1.82, 2.24) is 15.2 Å². The topological polar surface area (TPSA) is 31.1 Å². The summed E-state index contributed by atoms with van der Waals surface area (Å²) in [6, 6.07) is 0.559. The van der Waals surface area contributed by atoms with E-state index in [2.05, 4.69) is 43.1 Å². The van der Waals surface area contributed by atoms with Gasteiger partial charge in [-0.05, 0) is 58.3 Å². The maximum Gasteiger partial charge on any atom is 0.0341 e. The van der Waals surface area contributed by atoms with Crippen LogP contribution >= 0.6 is 0 Å². The molecule has 0 saturated heterocycles. The van der Waals surface area contributed by atoms with Gasteiger partial charge >= 0.3 is 0 Å². The van der Waals surface area contributed by atoms with E-state index in [-0.39, 0.29) is 0 Å². The lowest BCUT2D eigenvalue weighted by Crippen LogP contribution is -2.31. The van der Waals surface area contributed by atoms with E-state index >= 15 is 0 Å². The molecule has 1 atom stereocenters. The van der Waals surface area contributed by atoms with Gasteiger partial charge in [0.15, 0.2) is 0 Å². The van der Waals surface area contributed by atoms with Crippen LogP contribution in [0.3, 0.4) is 0 Å². The number of nitrogens with zero attached hydrogens (tertiary/aromatic N) is 1. The van der Waals surface area contributed by atoms with E-state index in [4.69, 9.17) is 0 Å². The number of hydrogen-bond donors (Lipinski definition) is 2. The van der Waals surface area contributed by atoms with E-state index in [0.29, 0.717) is 6.04 Å². The summed E-state index contributed by atoms with van der Waals surface area (Å²) in [5.74, 6) is 0. The van der Waals surface area contributed by atoms with Crippen LogP contribution in [0, 0.1) is 13.8 Å². The van der Waals surface area contributed by atoms with E-state index in [0.717, 1.165) is 13.1 Å². The highest BCUT2D eigenvalue weighted by Crippen LogP contribution is 2.33. The monoisotopic (exact) mass is 235 g/mol. The molecular formula is C14H25N3. The standard InChI is InChI=1S/C14H25N3/c1-10-11(2)16-13-7-5-6-12(14(10)13)15-8-9-17(3)4/h12,15-16H,5-9H2,1-4H3. The van der Waals surface area contributed by atoms with E-state index in [1.54, 1.807) is 5.56 Å². The van der Waals surface area contributed by atoms with Crippen LogP contribution in [0.15, 0.2) is 0 Å². The second-order valence-corrected chi connectivity index (χ2v) is 5.47. The lowest BCUT2D eigenvalue weighted by Gasteiger charge is -2.25. The van der Waals surface area contributed by atoms with Crippen molar-refractivity contribution in [2.24, 2.45) is 0 Å². The molecule has 2 rings (SSSR count). The predicted octanol–water partition coefficient (Wildman–Crippen LogP) is 2.16. The lowest BCUT2D eigenvalue weighted by atomic mass is 9.90. The van der Waals surface area contributed by atoms with Gasteiger partial charge in [-0.2, -0.15) is 0 Å².